The Bertz CT molecular complexity index is 144. The van der Waals surface area contributed by atoms with Crippen LogP contribution in [-0.4, -0.2) is 53.5 Å². The summed E-state index contributed by atoms with van der Waals surface area (Å²) in [6.45, 7) is 3.48. The maximum atomic E-state index is 13.5. The topological polar surface area (TPSA) is 30.9 Å². The van der Waals surface area contributed by atoms with Gasteiger partial charge in [0, 0.05) is 19.6 Å². The zero-order valence-electron chi connectivity index (χ0n) is 6.79. The summed E-state index contributed by atoms with van der Waals surface area (Å²) in [4.78, 5) is 2.15. The number of hydrogen-bond acceptors (Lipinski definition) is 4. The molecule has 0 atom stereocenters. The van der Waals surface area contributed by atoms with Gasteiger partial charge in [-0.2, -0.15) is 0 Å². The molecule has 3 rings (SSSR count). The maximum Gasteiger partial charge on any atom is 0.720 e. The molecule has 0 aliphatic carbocycles. The van der Waals surface area contributed by atoms with Gasteiger partial charge in [-0.25, -0.2) is 4.11 Å². The van der Waals surface area contributed by atoms with Gasteiger partial charge in [-0.1, -0.05) is 0 Å². The van der Waals surface area contributed by atoms with E-state index in [-0.39, 0.29) is 0 Å². The Hall–Kier alpha value is -0.0131. The number of hydrogen-bond donors (Lipinski definition) is 0. The van der Waals surface area contributed by atoms with Crippen molar-refractivity contribution >= 4 is 9.14 Å². The van der Waals surface area contributed by atoms with Crippen LogP contribution in [0.5, 0.6) is 0 Å². The van der Waals surface area contributed by atoms with Crippen LogP contribution in [-0.2, 0) is 13.3 Å². The Labute approximate surface area is 71.7 Å². The van der Waals surface area contributed by atoms with E-state index in [0.717, 1.165) is 19.6 Å². The molecule has 3 saturated heterocycles. The molecular weight excluding hydrogens is 181 g/mol. The Balaban J connectivity index is 2.06. The number of halogens is 1. The molecule has 3 aliphatic heterocycles. The largest absolute Gasteiger partial charge is 0.720 e. The Kier molecular flexibility index (Phi) is 2.42. The summed E-state index contributed by atoms with van der Waals surface area (Å²) in [6, 6.07) is 0. The molecule has 12 heavy (non-hydrogen) atoms. The smallest absolute Gasteiger partial charge is 0.347 e. The van der Waals surface area contributed by atoms with Crippen molar-refractivity contribution in [1.82, 2.24) is 4.90 Å². The molecule has 0 saturated carbocycles. The first-order valence-corrected chi connectivity index (χ1v) is 5.72. The molecule has 3 fully saturated rings. The monoisotopic (exact) mass is 193 g/mol. The molecule has 3 aliphatic rings. The van der Waals surface area contributed by atoms with Gasteiger partial charge in [0.2, 0.25) is 0 Å². The van der Waals surface area contributed by atoms with Gasteiger partial charge in [0.1, 0.15) is 0 Å². The fraction of sp³-hybridized carbons (Fsp3) is 1.00. The van der Waals surface area contributed by atoms with Crippen LogP contribution < -0.4 is 0 Å². The van der Waals surface area contributed by atoms with Crippen LogP contribution in [0.2, 0.25) is 0 Å². The lowest BCUT2D eigenvalue weighted by Crippen LogP contribution is -2.52. The maximum absolute atomic E-state index is 13.5. The minimum atomic E-state index is -3.71. The highest BCUT2D eigenvalue weighted by atomic mass is 28.4. The SMILES string of the molecule is F[Si]12OCCN(CCO1)CCO2. The first-order valence-electron chi connectivity index (χ1n) is 4.12. The van der Waals surface area contributed by atoms with Crippen molar-refractivity contribution in [3.05, 3.63) is 0 Å². The molecule has 0 spiro atoms. The highest BCUT2D eigenvalue weighted by Crippen LogP contribution is 2.16. The number of fused-ring (bicyclic) bond motifs is 6. The minimum Gasteiger partial charge on any atom is -0.347 e. The molecule has 70 valence electrons. The average molecular weight is 193 g/mol. The van der Waals surface area contributed by atoms with E-state index in [1.54, 1.807) is 0 Å². The first kappa shape index (κ1) is 8.58. The van der Waals surface area contributed by atoms with Crippen LogP contribution in [0.1, 0.15) is 0 Å². The second-order valence-corrected chi connectivity index (χ2v) is 4.70. The predicted octanol–water partition coefficient (Wildman–Crippen LogP) is -0.230. The third-order valence-corrected chi connectivity index (χ3v) is 3.69. The van der Waals surface area contributed by atoms with E-state index in [2.05, 4.69) is 4.90 Å². The minimum absolute atomic E-state index is 0.378. The summed E-state index contributed by atoms with van der Waals surface area (Å²) in [5.74, 6) is 0. The summed E-state index contributed by atoms with van der Waals surface area (Å²) in [5.41, 5.74) is 0. The molecule has 0 aromatic rings. The van der Waals surface area contributed by atoms with Crippen LogP contribution in [0.4, 0.5) is 4.11 Å². The van der Waals surface area contributed by atoms with E-state index in [1.165, 1.54) is 0 Å². The summed E-state index contributed by atoms with van der Waals surface area (Å²) in [6.07, 6.45) is 0. The lowest BCUT2D eigenvalue weighted by atomic mass is 10.4. The van der Waals surface area contributed by atoms with Crippen LogP contribution in [0.15, 0.2) is 0 Å². The molecule has 0 N–H and O–H groups in total. The highest BCUT2D eigenvalue weighted by molar-refractivity contribution is 6.52. The first-order chi connectivity index (χ1) is 5.79. The van der Waals surface area contributed by atoms with Crippen molar-refractivity contribution in [3.8, 4) is 0 Å². The number of nitrogens with zero attached hydrogens (tertiary/aromatic N) is 1. The Morgan fingerprint density at radius 1 is 0.917 bits per heavy atom. The van der Waals surface area contributed by atoms with Gasteiger partial charge in [-0.15, -0.1) is 0 Å². The van der Waals surface area contributed by atoms with Gasteiger partial charge in [-0.3, -0.25) is 4.90 Å². The lowest BCUT2D eigenvalue weighted by Gasteiger charge is -2.33. The normalized spacial score (nSPS) is 43.2. The van der Waals surface area contributed by atoms with Crippen molar-refractivity contribution in [2.75, 3.05) is 39.5 Å². The van der Waals surface area contributed by atoms with Gasteiger partial charge < -0.3 is 13.3 Å². The van der Waals surface area contributed by atoms with E-state index in [0.29, 0.717) is 19.8 Å². The zero-order chi connectivity index (χ0) is 8.44. The van der Waals surface area contributed by atoms with E-state index in [1.807, 2.05) is 0 Å². The van der Waals surface area contributed by atoms with Gasteiger partial charge in [0.25, 0.3) is 0 Å². The van der Waals surface area contributed by atoms with Gasteiger partial charge in [0.05, 0.1) is 19.8 Å². The molecule has 3 heterocycles. The fourth-order valence-corrected chi connectivity index (χ4v) is 2.61. The van der Waals surface area contributed by atoms with Crippen molar-refractivity contribution < 1.29 is 17.4 Å². The van der Waals surface area contributed by atoms with E-state index < -0.39 is 9.14 Å². The lowest BCUT2D eigenvalue weighted by molar-refractivity contribution is -0.0358. The van der Waals surface area contributed by atoms with E-state index in [4.69, 9.17) is 13.3 Å². The van der Waals surface area contributed by atoms with Gasteiger partial charge >= 0.3 is 9.14 Å². The predicted molar refractivity (Wildman–Crippen MR) is 41.2 cm³/mol. The van der Waals surface area contributed by atoms with Crippen molar-refractivity contribution in [3.63, 3.8) is 0 Å². The molecular formula is C6H12FNO3Si. The van der Waals surface area contributed by atoms with Crippen LogP contribution in [0.3, 0.4) is 0 Å². The number of rotatable bonds is 0. The average Bonchev–Trinajstić information content (AvgIpc) is 1.93. The fourth-order valence-electron chi connectivity index (χ4n) is 1.35. The molecule has 6 heteroatoms. The molecule has 0 radical (unpaired) electrons. The van der Waals surface area contributed by atoms with Crippen LogP contribution in [0.25, 0.3) is 0 Å². The standard InChI is InChI=1S/C6H12FNO3Si/c7-12-9-4-1-8(2-5-10-12)3-6-11-12/h1-6H2. The molecule has 4 nitrogen and oxygen atoms in total. The molecule has 0 amide bonds. The highest BCUT2D eigenvalue weighted by Gasteiger charge is 2.46. The molecule has 2 bridgehead atoms. The molecule has 0 unspecified atom stereocenters. The summed E-state index contributed by atoms with van der Waals surface area (Å²) < 4.78 is 28.3. The zero-order valence-corrected chi connectivity index (χ0v) is 7.79. The second kappa shape index (κ2) is 3.39. The van der Waals surface area contributed by atoms with Gasteiger partial charge in [-0.05, 0) is 0 Å². The van der Waals surface area contributed by atoms with E-state index in [9.17, 15) is 4.11 Å². The van der Waals surface area contributed by atoms with Crippen LogP contribution in [0, 0.1) is 0 Å². The van der Waals surface area contributed by atoms with E-state index >= 15 is 0 Å². The van der Waals surface area contributed by atoms with Crippen LogP contribution >= 0.6 is 0 Å². The second-order valence-electron chi connectivity index (χ2n) is 2.87. The van der Waals surface area contributed by atoms with Gasteiger partial charge in [0.15, 0.2) is 0 Å². The van der Waals surface area contributed by atoms with Crippen molar-refractivity contribution in [2.45, 2.75) is 0 Å². The molecule has 0 aromatic carbocycles. The summed E-state index contributed by atoms with van der Waals surface area (Å²) >= 11 is 0. The van der Waals surface area contributed by atoms with Crippen molar-refractivity contribution in [1.29, 1.82) is 0 Å². The van der Waals surface area contributed by atoms with Crippen molar-refractivity contribution in [2.24, 2.45) is 0 Å². The molecule has 0 aromatic heterocycles. The third-order valence-electron chi connectivity index (χ3n) is 2.05. The third kappa shape index (κ3) is 1.83. The Morgan fingerprint density at radius 3 is 1.75 bits per heavy atom. The summed E-state index contributed by atoms with van der Waals surface area (Å²) in [7, 11) is -3.71. The quantitative estimate of drug-likeness (QED) is 0.393. The summed E-state index contributed by atoms with van der Waals surface area (Å²) in [5, 5.41) is 0. The Morgan fingerprint density at radius 2 is 1.33 bits per heavy atom.